The van der Waals surface area contributed by atoms with Gasteiger partial charge in [-0.05, 0) is 13.8 Å². The predicted octanol–water partition coefficient (Wildman–Crippen LogP) is -1.02. The topological polar surface area (TPSA) is 242 Å². The number of carbonyl (C=O) groups is 1. The van der Waals surface area contributed by atoms with Crippen molar-refractivity contribution in [2.45, 2.75) is 37.4 Å². The fourth-order valence-corrected chi connectivity index (χ4v) is 6.02. The van der Waals surface area contributed by atoms with Gasteiger partial charge in [-0.15, -0.1) is 6.42 Å². The number of terminal acetylenes is 1. The van der Waals surface area contributed by atoms with Crippen LogP contribution < -0.4 is 5.32 Å². The molecule has 0 radical (unpaired) electrons. The van der Waals surface area contributed by atoms with Gasteiger partial charge in [0, 0.05) is 11.8 Å². The number of nitrogens with zero attached hydrogens (tertiary/aromatic N) is 1. The van der Waals surface area contributed by atoms with Crippen molar-refractivity contribution in [3.8, 4) is 12.3 Å². The Bertz CT molecular complexity index is 1060. The molecule has 16 nitrogen and oxygen atoms in total. The third-order valence-electron chi connectivity index (χ3n) is 4.43. The normalized spacial score (nSPS) is 34.2. The van der Waals surface area contributed by atoms with Gasteiger partial charge in [-0.3, -0.25) is 9.32 Å². The molecule has 0 bridgehead atoms. The third-order valence-corrected chi connectivity index (χ3v) is 8.21. The minimum Gasteiger partial charge on any atom is -0.386 e. The molecule has 19 heteroatoms. The minimum absolute atomic E-state index is 0.0892. The Balaban J connectivity index is 2.26. The van der Waals surface area contributed by atoms with Crippen LogP contribution >= 0.6 is 23.5 Å². The van der Waals surface area contributed by atoms with Crippen molar-refractivity contribution >= 4 is 29.4 Å². The van der Waals surface area contributed by atoms with Gasteiger partial charge in [0.05, 0.1) is 6.61 Å². The fraction of sp³-hybridized carbons (Fsp3) is 0.500. The van der Waals surface area contributed by atoms with Crippen molar-refractivity contribution in [1.82, 2.24) is 10.2 Å². The minimum atomic E-state index is -5.77. The number of hydrogen-bond acceptors (Lipinski definition) is 11. The summed E-state index contributed by atoms with van der Waals surface area (Å²) in [6, 6.07) is 0. The van der Waals surface area contributed by atoms with Gasteiger partial charge in [0.2, 0.25) is 0 Å². The first-order valence-electron chi connectivity index (χ1n) is 8.57. The monoisotopic (exact) mass is 534 g/mol. The van der Waals surface area contributed by atoms with Crippen LogP contribution in [0.3, 0.4) is 0 Å². The number of phosphoric ester groups is 1. The molecule has 2 rings (SSSR count). The van der Waals surface area contributed by atoms with Crippen LogP contribution in [0.2, 0.25) is 0 Å². The van der Waals surface area contributed by atoms with Crippen LogP contribution in [-0.4, -0.2) is 70.7 Å². The van der Waals surface area contributed by atoms with Crippen LogP contribution in [0.25, 0.3) is 0 Å². The second-order valence-corrected chi connectivity index (χ2v) is 11.6. The average molecular weight is 534 g/mol. The first kappa shape index (κ1) is 27.8. The smallest absolute Gasteiger partial charge is 0.386 e. The lowest BCUT2D eigenvalue weighted by atomic mass is 9.88. The van der Waals surface area contributed by atoms with Gasteiger partial charge in [-0.1, -0.05) is 12.5 Å². The number of hydrogen-bond donors (Lipinski definition) is 7. The van der Waals surface area contributed by atoms with Gasteiger partial charge >= 0.3 is 23.5 Å². The molecule has 33 heavy (non-hydrogen) atoms. The third kappa shape index (κ3) is 6.19. The van der Waals surface area contributed by atoms with Crippen molar-refractivity contribution in [1.29, 1.82) is 0 Å². The lowest BCUT2D eigenvalue weighted by Crippen LogP contribution is -2.56. The molecule has 186 valence electrons. The predicted molar refractivity (Wildman–Crippen MR) is 106 cm³/mol. The molecule has 7 N–H and O–H groups in total. The molecule has 2 aliphatic rings. The van der Waals surface area contributed by atoms with E-state index in [2.05, 4.69) is 25.0 Å². The van der Waals surface area contributed by atoms with Gasteiger partial charge in [0.25, 0.3) is 5.91 Å². The lowest BCUT2D eigenvalue weighted by molar-refractivity contribution is -0.132. The summed E-state index contributed by atoms with van der Waals surface area (Å²) in [5.41, 5.74) is -4.40. The zero-order valence-corrected chi connectivity index (χ0v) is 19.6. The molecular formula is C14H21N2O14P3. The highest BCUT2D eigenvalue weighted by Gasteiger charge is 2.63. The summed E-state index contributed by atoms with van der Waals surface area (Å²) in [6.45, 7) is 4.99. The number of amides is 1. The molecule has 0 saturated carbocycles. The van der Waals surface area contributed by atoms with Crippen LogP contribution in [0.1, 0.15) is 13.8 Å². The van der Waals surface area contributed by atoms with Gasteiger partial charge in [-0.2, -0.15) is 8.62 Å². The Morgan fingerprint density at radius 3 is 2.36 bits per heavy atom. The van der Waals surface area contributed by atoms with Gasteiger partial charge < -0.3 is 44.7 Å². The number of rotatable bonds is 8. The maximum absolute atomic E-state index is 12.0. The number of carbonyl (C=O) groups excluding carboxylic acids is 1. The number of nitrogens with one attached hydrogen (secondary N) is 1. The highest BCUT2D eigenvalue weighted by molar-refractivity contribution is 7.66. The highest BCUT2D eigenvalue weighted by atomic mass is 31.3. The number of ether oxygens (including phenoxy) is 1. The van der Waals surface area contributed by atoms with E-state index in [0.29, 0.717) is 0 Å². The Hall–Kier alpha value is -1.40. The molecule has 0 aromatic carbocycles. The molecule has 1 fully saturated rings. The maximum Gasteiger partial charge on any atom is 0.490 e. The van der Waals surface area contributed by atoms with Crippen LogP contribution in [-0.2, 0) is 36.4 Å². The number of aliphatic hydroxyl groups excluding tert-OH is 1. The molecule has 2 aliphatic heterocycles. The second-order valence-electron chi connectivity index (χ2n) is 7.14. The molecule has 0 aromatic heterocycles. The Morgan fingerprint density at radius 2 is 1.85 bits per heavy atom. The molecule has 0 aromatic rings. The van der Waals surface area contributed by atoms with Crippen LogP contribution in [0.4, 0.5) is 0 Å². The standard InChI is InChI=1S/C14H21N2O14P3/c1-5-14(19)11(18)13(4,28-12(14)16-6-8(2)10(17)15-9(16)3)7-27-32(23,24)30-33(25,26)29-31(20,21)22/h1,6,11-12,18-19H,3,7H2,2,4H3,(H,15,17)(H,23,24)(H,25,26)(H2,20,21,22)/t11-,12+,13+,14?/m0/s1. The Labute approximate surface area is 186 Å². The molecule has 1 amide bonds. The molecule has 2 heterocycles. The highest BCUT2D eigenvalue weighted by Crippen LogP contribution is 2.66. The van der Waals surface area contributed by atoms with E-state index in [0.717, 1.165) is 11.8 Å². The Kier molecular flexibility index (Phi) is 7.59. The van der Waals surface area contributed by atoms with E-state index in [1.165, 1.54) is 13.1 Å². The first-order chi connectivity index (χ1) is 14.8. The lowest BCUT2D eigenvalue weighted by Gasteiger charge is -2.37. The van der Waals surface area contributed by atoms with Crippen molar-refractivity contribution in [2.24, 2.45) is 0 Å². The summed E-state index contributed by atoms with van der Waals surface area (Å²) in [7, 11) is -16.9. The summed E-state index contributed by atoms with van der Waals surface area (Å²) in [4.78, 5) is 48.8. The summed E-state index contributed by atoms with van der Waals surface area (Å²) in [5, 5.41) is 23.9. The van der Waals surface area contributed by atoms with E-state index in [4.69, 9.17) is 20.9 Å². The van der Waals surface area contributed by atoms with Crippen LogP contribution in [0.5, 0.6) is 0 Å². The van der Waals surface area contributed by atoms with E-state index in [9.17, 15) is 38.5 Å². The number of aliphatic hydroxyl groups is 2. The quantitative estimate of drug-likeness (QED) is 0.146. The summed E-state index contributed by atoms with van der Waals surface area (Å²) < 4.78 is 51.4. The molecular weight excluding hydrogens is 513 g/mol. The molecule has 0 spiro atoms. The van der Waals surface area contributed by atoms with Gasteiger partial charge in [0.15, 0.2) is 11.8 Å². The molecule has 6 atom stereocenters. The van der Waals surface area contributed by atoms with Crippen molar-refractivity contribution in [3.05, 3.63) is 24.2 Å². The van der Waals surface area contributed by atoms with E-state index in [1.54, 1.807) is 0 Å². The fourth-order valence-electron chi connectivity index (χ4n) is 2.90. The van der Waals surface area contributed by atoms with Crippen LogP contribution in [0.15, 0.2) is 24.2 Å². The summed E-state index contributed by atoms with van der Waals surface area (Å²) in [6.07, 6.45) is 2.98. The van der Waals surface area contributed by atoms with Crippen molar-refractivity contribution in [3.63, 3.8) is 0 Å². The molecule has 1 saturated heterocycles. The first-order valence-corrected chi connectivity index (χ1v) is 13.1. The van der Waals surface area contributed by atoms with E-state index >= 15 is 0 Å². The van der Waals surface area contributed by atoms with Crippen molar-refractivity contribution in [2.75, 3.05) is 6.61 Å². The van der Waals surface area contributed by atoms with Crippen LogP contribution in [0, 0.1) is 12.3 Å². The zero-order chi connectivity index (χ0) is 25.6. The SMILES string of the molecule is C#CC1(O)[C@@H](O)[C@@](C)(COP(=O)(O)OP(=O)(O)OP(=O)(O)O)O[C@H]1N1C=C(C)C(=O)NC1=C. The van der Waals surface area contributed by atoms with E-state index < -0.39 is 59.5 Å². The second kappa shape index (κ2) is 8.99. The summed E-state index contributed by atoms with van der Waals surface area (Å²) in [5.74, 6) is 1.35. The van der Waals surface area contributed by atoms with E-state index in [-0.39, 0.29) is 11.4 Å². The number of phosphoric acid groups is 3. The molecule has 3 unspecified atom stereocenters. The van der Waals surface area contributed by atoms with Crippen molar-refractivity contribution < 1.29 is 66.2 Å². The zero-order valence-electron chi connectivity index (χ0n) is 17.0. The average Bonchev–Trinajstić information content (AvgIpc) is 2.82. The molecule has 0 aliphatic carbocycles. The van der Waals surface area contributed by atoms with E-state index in [1.807, 2.05) is 5.92 Å². The van der Waals surface area contributed by atoms with Gasteiger partial charge in [0.1, 0.15) is 17.5 Å². The Morgan fingerprint density at radius 1 is 1.27 bits per heavy atom. The maximum atomic E-state index is 12.0. The largest absolute Gasteiger partial charge is 0.490 e. The summed E-state index contributed by atoms with van der Waals surface area (Å²) >= 11 is 0. The van der Waals surface area contributed by atoms with Gasteiger partial charge in [-0.25, -0.2) is 13.7 Å².